The van der Waals surface area contributed by atoms with Crippen molar-refractivity contribution in [3.63, 3.8) is 0 Å². The van der Waals surface area contributed by atoms with Crippen molar-refractivity contribution in [2.45, 2.75) is 70.7 Å². The van der Waals surface area contributed by atoms with Gasteiger partial charge in [-0.2, -0.15) is 8.42 Å². The second-order valence-corrected chi connectivity index (χ2v) is 15.3. The Morgan fingerprint density at radius 2 is 1.60 bits per heavy atom. The summed E-state index contributed by atoms with van der Waals surface area (Å²) in [4.78, 5) is 0.0226. The molecule has 0 saturated heterocycles. The van der Waals surface area contributed by atoms with Gasteiger partial charge in [0.25, 0.3) is 8.32 Å². The van der Waals surface area contributed by atoms with E-state index in [0.717, 1.165) is 11.1 Å². The molecule has 0 bridgehead atoms. The van der Waals surface area contributed by atoms with Crippen LogP contribution in [0.4, 0.5) is 0 Å². The lowest BCUT2D eigenvalue weighted by Crippen LogP contribution is -2.44. The van der Waals surface area contributed by atoms with E-state index in [9.17, 15) is 8.42 Å². The molecule has 0 unspecified atom stereocenters. The van der Waals surface area contributed by atoms with E-state index >= 15 is 0 Å². The fraction of sp³-hybridized carbons (Fsp3) is 0.478. The van der Waals surface area contributed by atoms with Crippen molar-refractivity contribution >= 4 is 18.4 Å². The van der Waals surface area contributed by atoms with E-state index in [1.165, 1.54) is 0 Å². The summed E-state index contributed by atoms with van der Waals surface area (Å²) in [5, 5.41) is -0.112. The van der Waals surface area contributed by atoms with E-state index in [1.54, 1.807) is 12.1 Å². The number of ether oxygens (including phenoxy) is 1. The predicted molar refractivity (Wildman–Crippen MR) is 123 cm³/mol. The average Bonchev–Trinajstić information content (AvgIpc) is 2.65. The fourth-order valence-electron chi connectivity index (χ4n) is 2.51. The normalized spacial score (nSPS) is 12.6. The van der Waals surface area contributed by atoms with Gasteiger partial charge in [-0.15, -0.1) is 0 Å². The van der Waals surface area contributed by atoms with Crippen molar-refractivity contribution in [1.29, 1.82) is 0 Å². The zero-order chi connectivity index (χ0) is 22.6. The Morgan fingerprint density at radius 1 is 0.967 bits per heavy atom. The maximum atomic E-state index is 12.9. The summed E-state index contributed by atoms with van der Waals surface area (Å²) in [6.45, 7) is 14.7. The van der Waals surface area contributed by atoms with Gasteiger partial charge in [0.15, 0.2) is 11.5 Å². The highest BCUT2D eigenvalue weighted by Gasteiger charge is 2.41. The molecule has 2 aromatic carbocycles. The van der Waals surface area contributed by atoms with Crippen LogP contribution >= 0.6 is 0 Å². The molecule has 0 spiro atoms. The zero-order valence-electron chi connectivity index (χ0n) is 19.1. The van der Waals surface area contributed by atoms with Gasteiger partial charge in [-0.3, -0.25) is 4.18 Å². The first-order valence-electron chi connectivity index (χ1n) is 10.3. The summed E-state index contributed by atoms with van der Waals surface area (Å²) in [5.74, 6) is 0.707. The lowest BCUT2D eigenvalue weighted by molar-refractivity contribution is 0.287. The van der Waals surface area contributed by atoms with Crippen molar-refractivity contribution in [1.82, 2.24) is 0 Å². The number of benzene rings is 2. The van der Waals surface area contributed by atoms with E-state index in [-0.39, 0.29) is 22.3 Å². The van der Waals surface area contributed by atoms with E-state index in [0.29, 0.717) is 18.8 Å². The molecule has 0 radical (unpaired) electrons. The maximum absolute atomic E-state index is 12.9. The summed E-state index contributed by atoms with van der Waals surface area (Å²) in [5.41, 5.74) is 1.81. The molecule has 0 aromatic heterocycles. The Morgan fingerprint density at radius 3 is 2.17 bits per heavy atom. The van der Waals surface area contributed by atoms with Gasteiger partial charge >= 0.3 is 10.1 Å². The van der Waals surface area contributed by atoms with Crippen molar-refractivity contribution in [2.75, 3.05) is 6.61 Å². The first-order valence-corrected chi connectivity index (χ1v) is 14.6. The molecular formula is C23H34O5SSi. The van der Waals surface area contributed by atoms with Crippen LogP contribution in [0.5, 0.6) is 11.5 Å². The molecule has 0 aliphatic carbocycles. The number of aryl methyl sites for hydroxylation is 1. The van der Waals surface area contributed by atoms with Crippen molar-refractivity contribution in [3.05, 3.63) is 53.6 Å². The molecule has 2 rings (SSSR count). The van der Waals surface area contributed by atoms with Gasteiger partial charge in [0, 0.05) is 0 Å². The number of hydrogen-bond donors (Lipinski definition) is 0. The lowest BCUT2D eigenvalue weighted by Gasteiger charge is -2.37. The summed E-state index contributed by atoms with van der Waals surface area (Å²) >= 11 is 0. The van der Waals surface area contributed by atoms with Crippen molar-refractivity contribution in [2.24, 2.45) is 0 Å². The smallest absolute Gasteiger partial charge is 0.300 e. The zero-order valence-corrected chi connectivity index (χ0v) is 20.9. The first-order chi connectivity index (χ1) is 13.9. The Kier molecular flexibility index (Phi) is 7.77. The van der Waals surface area contributed by atoms with Crippen LogP contribution in [-0.4, -0.2) is 23.3 Å². The molecule has 5 nitrogen and oxygen atoms in total. The molecule has 0 atom stereocenters. The highest BCUT2D eigenvalue weighted by atomic mass is 32.2. The minimum atomic E-state index is -3.98. The van der Waals surface area contributed by atoms with E-state index < -0.39 is 18.4 Å². The van der Waals surface area contributed by atoms with Crippen molar-refractivity contribution in [3.8, 4) is 11.5 Å². The molecule has 0 N–H and O–H groups in total. The minimum absolute atomic E-state index is 0.0226. The molecule has 0 fully saturated rings. The third-order valence-corrected chi connectivity index (χ3v) is 11.0. The SMILES string of the molecule is CCCOS(=O)(=O)c1ccc(C)c(OCc2ccccc2)c1O[Si](C)(C)C(C)(C)C. The van der Waals surface area contributed by atoms with Crippen LogP contribution in [0.1, 0.15) is 45.2 Å². The minimum Gasteiger partial charge on any atom is -0.540 e. The highest BCUT2D eigenvalue weighted by Crippen LogP contribution is 2.44. The first kappa shape index (κ1) is 24.4. The molecule has 0 saturated carbocycles. The maximum Gasteiger partial charge on any atom is 0.300 e. The van der Waals surface area contributed by atoms with Crippen LogP contribution < -0.4 is 9.16 Å². The Labute approximate surface area is 182 Å². The topological polar surface area (TPSA) is 61.8 Å². The van der Waals surface area contributed by atoms with E-state index in [2.05, 4.69) is 33.9 Å². The van der Waals surface area contributed by atoms with Gasteiger partial charge in [-0.1, -0.05) is 64.1 Å². The molecule has 0 heterocycles. The van der Waals surface area contributed by atoms with Gasteiger partial charge in [0.05, 0.1) is 6.61 Å². The van der Waals surface area contributed by atoms with Crippen LogP contribution in [-0.2, 0) is 20.9 Å². The summed E-state index contributed by atoms with van der Waals surface area (Å²) in [7, 11) is -6.33. The van der Waals surface area contributed by atoms with Crippen LogP contribution in [0.15, 0.2) is 47.4 Å². The van der Waals surface area contributed by atoms with Crippen LogP contribution in [0.2, 0.25) is 18.1 Å². The highest BCUT2D eigenvalue weighted by molar-refractivity contribution is 7.86. The Balaban J connectivity index is 2.57. The summed E-state index contributed by atoms with van der Waals surface area (Å²) < 4.78 is 43.7. The third kappa shape index (κ3) is 5.86. The van der Waals surface area contributed by atoms with E-state index in [1.807, 2.05) is 44.2 Å². The Bertz CT molecular complexity index is 948. The van der Waals surface area contributed by atoms with Crippen LogP contribution in [0.25, 0.3) is 0 Å². The molecule has 2 aromatic rings. The molecule has 0 amide bonds. The molecule has 0 aliphatic heterocycles. The summed E-state index contributed by atoms with van der Waals surface area (Å²) in [6, 6.07) is 13.1. The van der Waals surface area contributed by atoms with E-state index in [4.69, 9.17) is 13.3 Å². The van der Waals surface area contributed by atoms with Gasteiger partial charge in [-0.05, 0) is 48.7 Å². The lowest BCUT2D eigenvalue weighted by atomic mass is 10.2. The van der Waals surface area contributed by atoms with Gasteiger partial charge < -0.3 is 9.16 Å². The second kappa shape index (κ2) is 9.54. The third-order valence-electron chi connectivity index (χ3n) is 5.37. The average molecular weight is 451 g/mol. The molecular weight excluding hydrogens is 416 g/mol. The van der Waals surface area contributed by atoms with Gasteiger partial charge in [0.2, 0.25) is 0 Å². The summed E-state index contributed by atoms with van der Waals surface area (Å²) in [6.07, 6.45) is 0.598. The predicted octanol–water partition coefficient (Wildman–Crippen LogP) is 6.07. The molecule has 30 heavy (non-hydrogen) atoms. The number of rotatable bonds is 9. The quantitative estimate of drug-likeness (QED) is 0.342. The molecule has 0 aliphatic rings. The monoisotopic (exact) mass is 450 g/mol. The molecule has 7 heteroatoms. The van der Waals surface area contributed by atoms with Gasteiger partial charge in [-0.25, -0.2) is 0 Å². The molecule has 166 valence electrons. The largest absolute Gasteiger partial charge is 0.540 e. The second-order valence-electron chi connectivity index (χ2n) is 8.95. The van der Waals surface area contributed by atoms with Crippen molar-refractivity contribution < 1.29 is 21.8 Å². The number of hydrogen-bond acceptors (Lipinski definition) is 5. The van der Waals surface area contributed by atoms with Crippen LogP contribution in [0, 0.1) is 6.92 Å². The van der Waals surface area contributed by atoms with Crippen LogP contribution in [0.3, 0.4) is 0 Å². The Hall–Kier alpha value is -1.83. The van der Waals surface area contributed by atoms with Gasteiger partial charge in [0.1, 0.15) is 11.5 Å². The standard InChI is InChI=1S/C23H34O5SSi/c1-8-16-27-29(24,25)20-15-14-18(2)21(26-17-19-12-10-9-11-13-19)22(20)28-30(6,7)23(3,4)5/h9-15H,8,16-17H2,1-7H3. The fourth-order valence-corrected chi connectivity index (χ4v) is 4.71.